The lowest BCUT2D eigenvalue weighted by Crippen LogP contribution is -3.11. The summed E-state index contributed by atoms with van der Waals surface area (Å²) in [7, 11) is 0. The van der Waals surface area contributed by atoms with E-state index in [0.29, 0.717) is 11.5 Å². The van der Waals surface area contributed by atoms with E-state index >= 15 is 0 Å². The highest BCUT2D eigenvalue weighted by atomic mass is 79.9. The van der Waals surface area contributed by atoms with Crippen LogP contribution in [0.2, 0.25) is 0 Å². The molecule has 0 radical (unpaired) electrons. The van der Waals surface area contributed by atoms with E-state index < -0.39 is 0 Å². The van der Waals surface area contributed by atoms with Crippen LogP contribution in [0.1, 0.15) is 59.6 Å². The zero-order valence-corrected chi connectivity index (χ0v) is 42.3. The minimum atomic E-state index is 0. The number of fused-ring (bicyclic) bond motifs is 4. The Morgan fingerprint density at radius 3 is 0.942 bits per heavy atom. The minimum absolute atomic E-state index is 0. The fraction of sp³-hybridized carbons (Fsp3) is 0.529. The zero-order valence-electron chi connectivity index (χ0n) is 29.6. The van der Waals surface area contributed by atoms with Crippen LogP contribution < -0.4 is 177 Å². The van der Waals surface area contributed by atoms with E-state index in [1.807, 2.05) is 24.3 Å². The Bertz CT molecular complexity index is 1160. The third-order valence-electron chi connectivity index (χ3n) is 9.07. The molecule has 2 aliphatic heterocycles. The summed E-state index contributed by atoms with van der Waals surface area (Å²) in [6.45, 7) is 14.9. The van der Waals surface area contributed by atoms with Crippen molar-refractivity contribution >= 4 is 0 Å². The van der Waals surface area contributed by atoms with Crippen molar-refractivity contribution in [3.8, 4) is 11.5 Å². The second kappa shape index (κ2) is 33.8. The van der Waals surface area contributed by atoms with Crippen LogP contribution >= 0.6 is 0 Å². The van der Waals surface area contributed by atoms with Gasteiger partial charge in [0.15, 0.2) is 26.2 Å². The number of pyridine rings is 2. The van der Waals surface area contributed by atoms with Crippen molar-refractivity contribution in [2.45, 2.75) is 65.0 Å². The Morgan fingerprint density at radius 1 is 0.442 bits per heavy atom. The van der Waals surface area contributed by atoms with Gasteiger partial charge in [-0.1, -0.05) is 24.3 Å². The molecule has 302 valence electrons. The normalized spacial score (nSPS) is 16.2. The van der Waals surface area contributed by atoms with Gasteiger partial charge in [-0.2, -0.15) is 0 Å². The van der Waals surface area contributed by atoms with Gasteiger partial charge in [-0.25, -0.2) is 9.97 Å². The van der Waals surface area contributed by atoms with Crippen LogP contribution in [-0.4, -0.2) is 62.6 Å². The molecular weight excluding hydrogens is 1190 g/mol. The summed E-state index contributed by atoms with van der Waals surface area (Å²) in [6.07, 6.45) is 4.79. The molecule has 0 saturated heterocycles. The average molecular weight is 1250 g/mol. The first-order chi connectivity index (χ1) is 21.6. The van der Waals surface area contributed by atoms with Gasteiger partial charge in [0, 0.05) is 36.8 Å². The van der Waals surface area contributed by atoms with Crippen molar-refractivity contribution in [1.29, 1.82) is 0 Å². The zero-order chi connectivity index (χ0) is 30.4. The van der Waals surface area contributed by atoms with Crippen molar-refractivity contribution in [2.24, 2.45) is 0 Å². The molecule has 52 heavy (non-hydrogen) atoms. The number of nitrogens with two attached hydrogens (primary N) is 4. The van der Waals surface area contributed by atoms with Gasteiger partial charge >= 0.3 is 0 Å². The number of aromatic amines is 2. The molecule has 0 atom stereocenters. The van der Waals surface area contributed by atoms with E-state index in [4.69, 9.17) is 0 Å². The predicted octanol–water partition coefficient (Wildman–Crippen LogP) is -29.2. The molecule has 2 aliphatic rings. The quantitative estimate of drug-likeness (QED) is 0.132. The molecule has 0 fully saturated rings. The van der Waals surface area contributed by atoms with E-state index in [0.717, 1.165) is 88.2 Å². The molecule has 10 nitrogen and oxygen atoms in total. The van der Waals surface area contributed by atoms with Crippen molar-refractivity contribution in [3.05, 3.63) is 82.4 Å². The number of nitrogens with one attached hydrogen (secondary N) is 4. The van der Waals surface area contributed by atoms with Gasteiger partial charge in [-0.3, -0.25) is 0 Å². The number of H-pyrrole nitrogens is 2. The Labute approximate surface area is 394 Å². The van der Waals surface area contributed by atoms with Gasteiger partial charge < -0.3 is 177 Å². The molecule has 1 aromatic carbocycles. The maximum atomic E-state index is 10.1. The molecule has 14 N–H and O–H groups in total. The largest absolute Gasteiger partial charge is 1.00 e. The first kappa shape index (κ1) is 59.4. The fourth-order valence-corrected chi connectivity index (χ4v) is 6.77. The molecular formula is C34H58Br8N8O2. The molecule has 3 aromatic rings. The lowest BCUT2D eigenvalue weighted by molar-refractivity contribution is -0.917. The van der Waals surface area contributed by atoms with Crippen LogP contribution in [0, 0.1) is 0 Å². The SMILES string of the molecule is Oc1cc2[nH+]c(c1)C[NH2+]CCC[NH+](Cc1ccc(C[NH+]3CCC[NH2+]Cc4cc(O)cc([nH+]4)C[NH2+]CCC3)cc1)CCC[NH2+]C2.[Br-].[Br-].[Br-].[Br-].[Br-].[Br-].[Br-].[Br-]. The topological polar surface area (TPSA) is 144 Å². The Kier molecular flexibility index (Phi) is 38.6. The standard InChI is InChI=1S/C34H50N8O2.8BrH/c43-33-17-29-21-35-9-1-13-41(14-2-10-36-22-30(18-33)39-29)25-27-5-7-28(8-6-27)26-42-15-3-11-37-23-31-19-34(44)20-32(40-31)24-38-12-4-16-42;;;;;;;;/h5-8,17-20,35-38H,1-4,9-16,21-26H2,(H,39,43)(H,40,44);8*1H. The summed E-state index contributed by atoms with van der Waals surface area (Å²) in [4.78, 5) is 10.4. The molecule has 0 saturated carbocycles. The molecule has 2 aromatic heterocycles. The van der Waals surface area contributed by atoms with Gasteiger partial charge in [0.1, 0.15) is 24.6 Å². The van der Waals surface area contributed by atoms with Crippen molar-refractivity contribution in [2.75, 3.05) is 52.4 Å². The Morgan fingerprint density at radius 2 is 0.692 bits per heavy atom. The van der Waals surface area contributed by atoms with Gasteiger partial charge in [-0.05, 0) is 0 Å². The predicted molar refractivity (Wildman–Crippen MR) is 165 cm³/mol. The molecule has 5 rings (SSSR count). The van der Waals surface area contributed by atoms with Crippen LogP contribution in [0.4, 0.5) is 0 Å². The number of aromatic hydroxyl groups is 2. The summed E-state index contributed by atoms with van der Waals surface area (Å²) in [5.74, 6) is 0.733. The lowest BCUT2D eigenvalue weighted by atomic mass is 10.1. The van der Waals surface area contributed by atoms with E-state index in [9.17, 15) is 10.2 Å². The molecule has 0 spiro atoms. The first-order valence-electron chi connectivity index (χ1n) is 17.1. The lowest BCUT2D eigenvalue weighted by Gasteiger charge is -2.21. The minimum Gasteiger partial charge on any atom is -1.00 e. The van der Waals surface area contributed by atoms with E-state index in [-0.39, 0.29) is 136 Å². The van der Waals surface area contributed by atoms with Crippen molar-refractivity contribution in [3.63, 3.8) is 0 Å². The summed E-state index contributed by atoms with van der Waals surface area (Å²) >= 11 is 0. The van der Waals surface area contributed by atoms with Crippen LogP contribution in [0.15, 0.2) is 48.5 Å². The van der Waals surface area contributed by atoms with E-state index in [1.165, 1.54) is 63.0 Å². The maximum Gasteiger partial charge on any atom is 0.238 e. The highest BCUT2D eigenvalue weighted by Gasteiger charge is 2.18. The number of benzene rings is 1. The van der Waals surface area contributed by atoms with Crippen LogP contribution in [0.3, 0.4) is 0 Å². The van der Waals surface area contributed by atoms with Gasteiger partial charge in [0.2, 0.25) is 22.8 Å². The molecule has 4 bridgehead atoms. The van der Waals surface area contributed by atoms with E-state index in [2.05, 4.69) is 55.5 Å². The number of quaternary nitrogens is 6. The number of aromatic nitrogens is 2. The highest BCUT2D eigenvalue weighted by Crippen LogP contribution is 2.09. The van der Waals surface area contributed by atoms with Crippen LogP contribution in [0.25, 0.3) is 0 Å². The number of halogens is 8. The van der Waals surface area contributed by atoms with E-state index in [1.54, 1.807) is 9.80 Å². The Hall–Kier alpha value is 0.720. The highest BCUT2D eigenvalue weighted by molar-refractivity contribution is 5.22. The fourth-order valence-electron chi connectivity index (χ4n) is 6.77. The van der Waals surface area contributed by atoms with Gasteiger partial charge in [0.25, 0.3) is 0 Å². The second-order valence-corrected chi connectivity index (χ2v) is 13.0. The third-order valence-corrected chi connectivity index (χ3v) is 9.07. The Balaban J connectivity index is -0.00000144. The van der Waals surface area contributed by atoms with Gasteiger partial charge in [0.05, 0.1) is 76.6 Å². The second-order valence-electron chi connectivity index (χ2n) is 13.0. The third kappa shape index (κ3) is 22.5. The monoisotopic (exact) mass is 1240 g/mol. The van der Waals surface area contributed by atoms with Crippen molar-refractivity contribution in [1.82, 2.24) is 0 Å². The summed E-state index contributed by atoms with van der Waals surface area (Å²) in [6, 6.07) is 17.0. The molecule has 0 aliphatic carbocycles. The summed E-state index contributed by atoms with van der Waals surface area (Å²) < 4.78 is 0. The smallest absolute Gasteiger partial charge is 0.238 e. The first-order valence-corrected chi connectivity index (χ1v) is 17.1. The molecule has 18 heteroatoms. The van der Waals surface area contributed by atoms with Crippen molar-refractivity contribution < 1.29 is 187 Å². The number of rotatable bonds is 4. The maximum absolute atomic E-state index is 10.1. The molecule has 4 heterocycles. The number of hydrogen-bond donors (Lipinski definition) is 8. The number of hydrogen-bond acceptors (Lipinski definition) is 2. The van der Waals surface area contributed by atoms with Crippen LogP contribution in [-0.2, 0) is 39.3 Å². The molecule has 0 amide bonds. The average Bonchev–Trinajstić information content (AvgIpc) is 3.00. The van der Waals surface area contributed by atoms with Gasteiger partial charge in [-0.15, -0.1) is 0 Å². The van der Waals surface area contributed by atoms with Crippen LogP contribution in [0.5, 0.6) is 11.5 Å². The summed E-state index contributed by atoms with van der Waals surface area (Å²) in [5.41, 5.74) is 7.30. The summed E-state index contributed by atoms with van der Waals surface area (Å²) in [5, 5.41) is 29.6. The molecule has 0 unspecified atom stereocenters.